The van der Waals surface area contributed by atoms with E-state index < -0.39 is 63.8 Å². The fourth-order valence-electron chi connectivity index (χ4n) is 6.37. The summed E-state index contributed by atoms with van der Waals surface area (Å²) in [7, 11) is 6.75. The summed E-state index contributed by atoms with van der Waals surface area (Å²) in [6.45, 7) is 0. The number of pyridine rings is 1. The Morgan fingerprint density at radius 3 is 2.44 bits per heavy atom. The van der Waals surface area contributed by atoms with Gasteiger partial charge in [0, 0.05) is 49.2 Å². The first-order valence-electron chi connectivity index (χ1n) is 12.9. The van der Waals surface area contributed by atoms with Crippen LogP contribution in [0, 0.1) is 23.7 Å². The van der Waals surface area contributed by atoms with E-state index in [1.54, 1.807) is 63.7 Å². The molecule has 1 aromatic heterocycles. The normalized spacial score (nSPS) is 25.3. The number of likely N-dealkylation sites (N-methyl/N-ethyl adjacent to an activating group) is 1. The third kappa shape index (κ3) is 4.06. The number of aliphatic hydroxyl groups excluding tert-OH is 2. The number of carbonyl (C=O) groups is 3. The van der Waals surface area contributed by atoms with Crippen molar-refractivity contribution in [3.63, 3.8) is 0 Å². The van der Waals surface area contributed by atoms with Crippen LogP contribution in [0.3, 0.4) is 0 Å². The van der Waals surface area contributed by atoms with Crippen LogP contribution in [0.2, 0.25) is 0 Å². The largest absolute Gasteiger partial charge is 0.510 e. The number of benzene rings is 1. The molecule has 2 aromatic rings. The second-order valence-electron chi connectivity index (χ2n) is 11.0. The van der Waals surface area contributed by atoms with E-state index in [0.29, 0.717) is 16.8 Å². The summed E-state index contributed by atoms with van der Waals surface area (Å²) in [4.78, 5) is 47.0. The summed E-state index contributed by atoms with van der Waals surface area (Å²) < 4.78 is 0. The highest BCUT2D eigenvalue weighted by atomic mass is 16.3. The van der Waals surface area contributed by atoms with E-state index in [4.69, 9.17) is 5.73 Å². The summed E-state index contributed by atoms with van der Waals surface area (Å²) >= 11 is 0. The number of amides is 1. The SMILES string of the molecule is CN(C)c1cc(C#Cc2cccnc2)c(O)c2c1C[C@H]1C[C@@H]3[C@@H](N(C)C)C(O)=C(C(N)=O)C(=O)[C@]3(O)C(O)=C1C2=O. The molecule has 212 valence electrons. The number of primary amides is 1. The molecular formula is C30H30N4O7. The molecule has 41 heavy (non-hydrogen) atoms. The molecule has 0 bridgehead atoms. The molecular weight excluding hydrogens is 528 g/mol. The number of carbonyl (C=O) groups excluding carboxylic acids is 3. The molecule has 0 saturated carbocycles. The Balaban J connectivity index is 1.72. The second-order valence-corrected chi connectivity index (χ2v) is 11.0. The third-order valence-electron chi connectivity index (χ3n) is 8.18. The predicted molar refractivity (Wildman–Crippen MR) is 148 cm³/mol. The molecule has 11 heteroatoms. The van der Waals surface area contributed by atoms with Gasteiger partial charge < -0.3 is 31.1 Å². The van der Waals surface area contributed by atoms with Crippen LogP contribution in [-0.4, -0.2) is 87.6 Å². The average molecular weight is 559 g/mol. The Hall–Kier alpha value is -4.66. The van der Waals surface area contributed by atoms with Gasteiger partial charge >= 0.3 is 0 Å². The maximum absolute atomic E-state index is 14.1. The Labute approximate surface area is 236 Å². The van der Waals surface area contributed by atoms with Gasteiger partial charge in [0.25, 0.3) is 5.91 Å². The number of fused-ring (bicyclic) bond motifs is 3. The van der Waals surface area contributed by atoms with Crippen molar-refractivity contribution in [3.8, 4) is 17.6 Å². The second kappa shape index (κ2) is 9.76. The van der Waals surface area contributed by atoms with Gasteiger partial charge in [0.2, 0.25) is 5.78 Å². The zero-order chi connectivity index (χ0) is 30.0. The number of hydrogen-bond donors (Lipinski definition) is 5. The minimum absolute atomic E-state index is 0.0158. The van der Waals surface area contributed by atoms with E-state index in [1.807, 2.05) is 0 Å². The smallest absolute Gasteiger partial charge is 0.255 e. The Bertz CT molecular complexity index is 1630. The summed E-state index contributed by atoms with van der Waals surface area (Å²) in [6.07, 6.45) is 3.36. The topological polar surface area (TPSA) is 178 Å². The number of anilines is 1. The maximum atomic E-state index is 14.1. The first-order valence-corrected chi connectivity index (χ1v) is 12.9. The number of ketones is 2. The highest BCUT2D eigenvalue weighted by Crippen LogP contribution is 2.53. The van der Waals surface area contributed by atoms with Crippen molar-refractivity contribution in [2.75, 3.05) is 33.1 Å². The van der Waals surface area contributed by atoms with Crippen molar-refractivity contribution in [1.29, 1.82) is 0 Å². The molecule has 6 N–H and O–H groups in total. The molecule has 0 unspecified atom stereocenters. The number of rotatable bonds is 3. The first kappa shape index (κ1) is 27.9. The number of Topliss-reactive ketones (excluding diaryl/α,β-unsaturated/α-hetero) is 2. The van der Waals surface area contributed by atoms with E-state index in [9.17, 15) is 34.8 Å². The van der Waals surface area contributed by atoms with Gasteiger partial charge in [-0.3, -0.25) is 24.3 Å². The lowest BCUT2D eigenvalue weighted by Crippen LogP contribution is -2.63. The number of aromatic hydroxyl groups is 1. The molecule has 0 spiro atoms. The monoisotopic (exact) mass is 558 g/mol. The fourth-order valence-corrected chi connectivity index (χ4v) is 6.37. The predicted octanol–water partition coefficient (Wildman–Crippen LogP) is 0.981. The number of hydrogen-bond acceptors (Lipinski definition) is 10. The van der Waals surface area contributed by atoms with Crippen molar-refractivity contribution in [3.05, 3.63) is 75.5 Å². The minimum Gasteiger partial charge on any atom is -0.510 e. The van der Waals surface area contributed by atoms with Gasteiger partial charge in [0.1, 0.15) is 22.8 Å². The molecule has 3 aliphatic rings. The van der Waals surface area contributed by atoms with Gasteiger partial charge in [-0.2, -0.15) is 0 Å². The molecule has 1 heterocycles. The zero-order valence-electron chi connectivity index (χ0n) is 23.0. The van der Waals surface area contributed by atoms with Gasteiger partial charge in [-0.15, -0.1) is 0 Å². The van der Waals surface area contributed by atoms with Crippen LogP contribution in [0.25, 0.3) is 0 Å². The number of phenolic OH excluding ortho intramolecular Hbond substituents is 1. The van der Waals surface area contributed by atoms with Crippen LogP contribution in [0.1, 0.15) is 33.5 Å². The van der Waals surface area contributed by atoms with Crippen LogP contribution in [0.5, 0.6) is 5.75 Å². The van der Waals surface area contributed by atoms with Gasteiger partial charge in [0.15, 0.2) is 11.4 Å². The Morgan fingerprint density at radius 2 is 1.85 bits per heavy atom. The van der Waals surface area contributed by atoms with E-state index in [0.717, 1.165) is 0 Å². The summed E-state index contributed by atoms with van der Waals surface area (Å²) in [5.41, 5.74) is 3.45. The molecule has 0 saturated heterocycles. The molecule has 4 atom stereocenters. The van der Waals surface area contributed by atoms with Crippen molar-refractivity contribution in [2.45, 2.75) is 24.5 Å². The van der Waals surface area contributed by atoms with E-state index in [2.05, 4.69) is 16.8 Å². The van der Waals surface area contributed by atoms with Crippen LogP contribution in [0.15, 0.2) is 53.3 Å². The standard InChI is InChI=1S/C30H30N4O7/c1-33(2)19-12-15(8-7-14-6-5-9-32-13-14)24(35)21-17(19)10-16-11-18-23(34(3)4)26(37)22(29(31)40)28(39)30(18,41)27(38)20(16)25(21)36/h5-6,9,12-13,16,18,23,35,37-38,41H,10-11H2,1-4H3,(H2,31,40)/t16-,18+,23+,30+/m0/s1. The summed E-state index contributed by atoms with van der Waals surface area (Å²) in [5.74, 6) is -1.16. The first-order chi connectivity index (χ1) is 19.3. The van der Waals surface area contributed by atoms with E-state index >= 15 is 0 Å². The van der Waals surface area contributed by atoms with Crippen LogP contribution >= 0.6 is 0 Å². The van der Waals surface area contributed by atoms with Gasteiger partial charge in [-0.05, 0) is 56.6 Å². The lowest BCUT2D eigenvalue weighted by molar-refractivity contribution is -0.148. The summed E-state index contributed by atoms with van der Waals surface area (Å²) in [6, 6.07) is 4.09. The van der Waals surface area contributed by atoms with Crippen molar-refractivity contribution in [1.82, 2.24) is 9.88 Å². The molecule has 0 aliphatic heterocycles. The third-order valence-corrected chi connectivity index (χ3v) is 8.18. The number of phenols is 1. The molecule has 0 fully saturated rings. The zero-order valence-corrected chi connectivity index (χ0v) is 23.0. The molecule has 1 aromatic carbocycles. The van der Waals surface area contributed by atoms with Gasteiger partial charge in [0.05, 0.1) is 17.2 Å². The lowest BCUT2D eigenvalue weighted by Gasteiger charge is -2.50. The fraction of sp³-hybridized carbons (Fsp3) is 0.333. The average Bonchev–Trinajstić information content (AvgIpc) is 2.90. The summed E-state index contributed by atoms with van der Waals surface area (Å²) in [5, 5.41) is 45.4. The van der Waals surface area contributed by atoms with E-state index in [-0.39, 0.29) is 29.5 Å². The van der Waals surface area contributed by atoms with Crippen LogP contribution < -0.4 is 10.6 Å². The molecule has 3 aliphatic carbocycles. The molecule has 0 radical (unpaired) electrons. The van der Waals surface area contributed by atoms with Crippen LogP contribution in [0.4, 0.5) is 5.69 Å². The number of nitrogens with zero attached hydrogens (tertiary/aromatic N) is 3. The highest BCUT2D eigenvalue weighted by Gasteiger charge is 2.63. The van der Waals surface area contributed by atoms with Gasteiger partial charge in [-0.25, -0.2) is 0 Å². The number of aromatic nitrogens is 1. The van der Waals surface area contributed by atoms with Crippen molar-refractivity contribution >= 4 is 23.2 Å². The quantitative estimate of drug-likeness (QED) is 0.269. The molecule has 5 rings (SSSR count). The van der Waals surface area contributed by atoms with E-state index in [1.165, 1.54) is 4.90 Å². The molecule has 11 nitrogen and oxygen atoms in total. The lowest BCUT2D eigenvalue weighted by atomic mass is 9.58. The van der Waals surface area contributed by atoms with Crippen molar-refractivity contribution in [2.24, 2.45) is 17.6 Å². The Morgan fingerprint density at radius 1 is 1.15 bits per heavy atom. The number of nitrogens with two attached hydrogens (primary N) is 1. The van der Waals surface area contributed by atoms with Gasteiger partial charge in [-0.1, -0.05) is 11.8 Å². The number of allylic oxidation sites excluding steroid dienone is 1. The highest BCUT2D eigenvalue weighted by molar-refractivity contribution is 6.25. The van der Waals surface area contributed by atoms with Crippen LogP contribution in [-0.2, 0) is 16.0 Å². The minimum atomic E-state index is -2.69. The number of aliphatic hydroxyl groups is 3. The van der Waals surface area contributed by atoms with Crippen molar-refractivity contribution < 1.29 is 34.8 Å². The Kier molecular flexibility index (Phi) is 6.64. The maximum Gasteiger partial charge on any atom is 0.255 e. The molecule has 1 amide bonds.